The summed E-state index contributed by atoms with van der Waals surface area (Å²) in [5.41, 5.74) is 0. The van der Waals surface area contributed by atoms with Crippen molar-refractivity contribution in [3.05, 3.63) is 36.5 Å². The zero-order chi connectivity index (χ0) is 13.2. The summed E-state index contributed by atoms with van der Waals surface area (Å²) in [4.78, 5) is 0.163. The number of aryl methyl sites for hydroxylation is 1. The van der Waals surface area contributed by atoms with E-state index in [1.807, 2.05) is 6.07 Å². The fourth-order valence-electron chi connectivity index (χ4n) is 1.64. The molecule has 0 radical (unpaired) electrons. The van der Waals surface area contributed by atoms with Crippen molar-refractivity contribution >= 4 is 10.0 Å². The number of rotatable bonds is 5. The fraction of sp³-hybridized carbons (Fsp3) is 0.364. The second-order valence-corrected chi connectivity index (χ2v) is 5.87. The lowest BCUT2D eigenvalue weighted by Gasteiger charge is -2.11. The topological polar surface area (TPSA) is 77.1 Å². The minimum absolute atomic E-state index is 0.163. The van der Waals surface area contributed by atoms with Crippen LogP contribution >= 0.6 is 0 Å². The van der Waals surface area contributed by atoms with E-state index >= 15 is 0 Å². The minimum Gasteiger partial charge on any atom is -0.469 e. The van der Waals surface area contributed by atoms with Crippen LogP contribution < -0.4 is 4.72 Å². The fourth-order valence-corrected chi connectivity index (χ4v) is 2.87. The van der Waals surface area contributed by atoms with Gasteiger partial charge in [0.2, 0.25) is 10.0 Å². The minimum atomic E-state index is -3.52. The molecule has 0 unspecified atom stereocenters. The van der Waals surface area contributed by atoms with Gasteiger partial charge in [0.25, 0.3) is 0 Å². The Bertz CT molecular complexity index is 601. The number of sulfonamides is 1. The first-order chi connectivity index (χ1) is 8.47. The van der Waals surface area contributed by atoms with Crippen LogP contribution in [0, 0.1) is 0 Å². The largest absolute Gasteiger partial charge is 0.469 e. The monoisotopic (exact) mass is 269 g/mol. The van der Waals surface area contributed by atoms with Crippen LogP contribution in [0.25, 0.3) is 0 Å². The first kappa shape index (κ1) is 12.8. The Kier molecular flexibility index (Phi) is 3.53. The van der Waals surface area contributed by atoms with E-state index in [0.717, 1.165) is 5.76 Å². The van der Waals surface area contributed by atoms with Crippen molar-refractivity contribution in [2.45, 2.75) is 24.3 Å². The predicted molar refractivity (Wildman–Crippen MR) is 65.4 cm³/mol. The van der Waals surface area contributed by atoms with Crippen molar-refractivity contribution in [2.24, 2.45) is 7.05 Å². The molecule has 0 aliphatic rings. The maximum Gasteiger partial charge on any atom is 0.243 e. The maximum atomic E-state index is 12.0. The SMILES string of the molecule is C[C@@H](Cc1ccco1)NS(=O)(=O)c1cnn(C)c1. The van der Waals surface area contributed by atoms with Gasteiger partial charge in [-0.2, -0.15) is 5.10 Å². The quantitative estimate of drug-likeness (QED) is 0.875. The average Bonchev–Trinajstić information content (AvgIpc) is 2.88. The van der Waals surface area contributed by atoms with Gasteiger partial charge in [0, 0.05) is 25.7 Å². The molecule has 0 aliphatic carbocycles. The molecular weight excluding hydrogens is 254 g/mol. The van der Waals surface area contributed by atoms with Crippen molar-refractivity contribution in [3.63, 3.8) is 0 Å². The lowest BCUT2D eigenvalue weighted by molar-refractivity contribution is 0.479. The summed E-state index contributed by atoms with van der Waals surface area (Å²) in [5, 5.41) is 3.84. The Hall–Kier alpha value is -1.60. The first-order valence-corrected chi connectivity index (χ1v) is 6.99. The van der Waals surface area contributed by atoms with E-state index in [4.69, 9.17) is 4.42 Å². The molecule has 0 saturated carbocycles. The molecule has 0 amide bonds. The van der Waals surface area contributed by atoms with Gasteiger partial charge in [-0.05, 0) is 19.1 Å². The highest BCUT2D eigenvalue weighted by molar-refractivity contribution is 7.89. The van der Waals surface area contributed by atoms with Crippen LogP contribution in [0.15, 0.2) is 40.1 Å². The highest BCUT2D eigenvalue weighted by atomic mass is 32.2. The summed E-state index contributed by atoms with van der Waals surface area (Å²) >= 11 is 0. The third-order valence-corrected chi connectivity index (χ3v) is 3.98. The molecule has 18 heavy (non-hydrogen) atoms. The lowest BCUT2D eigenvalue weighted by atomic mass is 10.2. The zero-order valence-corrected chi connectivity index (χ0v) is 11.0. The highest BCUT2D eigenvalue weighted by Gasteiger charge is 2.19. The van der Waals surface area contributed by atoms with E-state index in [0.29, 0.717) is 6.42 Å². The van der Waals surface area contributed by atoms with E-state index in [9.17, 15) is 8.42 Å². The van der Waals surface area contributed by atoms with Gasteiger partial charge in [-0.1, -0.05) is 0 Å². The van der Waals surface area contributed by atoms with Crippen LogP contribution in [0.2, 0.25) is 0 Å². The molecule has 7 heteroatoms. The van der Waals surface area contributed by atoms with Gasteiger partial charge in [-0.25, -0.2) is 13.1 Å². The predicted octanol–water partition coefficient (Wildman–Crippen LogP) is 0.923. The van der Waals surface area contributed by atoms with Crippen LogP contribution in [-0.2, 0) is 23.5 Å². The molecule has 0 spiro atoms. The Morgan fingerprint density at radius 3 is 2.89 bits per heavy atom. The van der Waals surface area contributed by atoms with Gasteiger partial charge < -0.3 is 4.42 Å². The second-order valence-electron chi connectivity index (χ2n) is 4.16. The van der Waals surface area contributed by atoms with Gasteiger partial charge in [0.15, 0.2) is 0 Å². The van der Waals surface area contributed by atoms with Crippen molar-refractivity contribution in [1.29, 1.82) is 0 Å². The molecule has 6 nitrogen and oxygen atoms in total. The Morgan fingerprint density at radius 1 is 1.56 bits per heavy atom. The van der Waals surface area contributed by atoms with Crippen LogP contribution in [0.5, 0.6) is 0 Å². The second kappa shape index (κ2) is 4.95. The average molecular weight is 269 g/mol. The summed E-state index contributed by atoms with van der Waals surface area (Å²) < 4.78 is 33.2. The number of furan rings is 1. The molecule has 2 aromatic heterocycles. The Morgan fingerprint density at radius 2 is 2.33 bits per heavy atom. The van der Waals surface area contributed by atoms with E-state index in [-0.39, 0.29) is 10.9 Å². The van der Waals surface area contributed by atoms with Crippen LogP contribution in [0.3, 0.4) is 0 Å². The normalized spacial score (nSPS) is 13.7. The van der Waals surface area contributed by atoms with Gasteiger partial charge in [0.05, 0.1) is 12.5 Å². The van der Waals surface area contributed by atoms with Crippen molar-refractivity contribution in [1.82, 2.24) is 14.5 Å². The molecule has 2 aromatic rings. The zero-order valence-electron chi connectivity index (χ0n) is 10.2. The van der Waals surface area contributed by atoms with Crippen LogP contribution in [0.1, 0.15) is 12.7 Å². The highest BCUT2D eigenvalue weighted by Crippen LogP contribution is 2.09. The van der Waals surface area contributed by atoms with Gasteiger partial charge >= 0.3 is 0 Å². The van der Waals surface area contributed by atoms with Gasteiger partial charge in [-0.3, -0.25) is 4.68 Å². The van der Waals surface area contributed by atoms with Crippen LogP contribution in [0.4, 0.5) is 0 Å². The van der Waals surface area contributed by atoms with E-state index in [1.54, 1.807) is 26.3 Å². The number of nitrogens with one attached hydrogen (secondary N) is 1. The third kappa shape index (κ3) is 2.99. The number of nitrogens with zero attached hydrogens (tertiary/aromatic N) is 2. The van der Waals surface area contributed by atoms with Crippen LogP contribution in [-0.4, -0.2) is 24.2 Å². The van der Waals surface area contributed by atoms with Gasteiger partial charge in [-0.15, -0.1) is 0 Å². The molecular formula is C11H15N3O3S. The Balaban J connectivity index is 2.04. The molecule has 0 fully saturated rings. The Labute approximate surface area is 106 Å². The molecule has 98 valence electrons. The number of hydrogen-bond donors (Lipinski definition) is 1. The van der Waals surface area contributed by atoms with Gasteiger partial charge in [0.1, 0.15) is 10.7 Å². The lowest BCUT2D eigenvalue weighted by Crippen LogP contribution is -2.33. The molecule has 0 saturated heterocycles. The molecule has 0 aliphatic heterocycles. The first-order valence-electron chi connectivity index (χ1n) is 5.51. The molecule has 2 rings (SSSR count). The number of hydrogen-bond acceptors (Lipinski definition) is 4. The van der Waals surface area contributed by atoms with Crippen molar-refractivity contribution in [3.8, 4) is 0 Å². The molecule has 2 heterocycles. The van der Waals surface area contributed by atoms with E-state index in [2.05, 4.69) is 9.82 Å². The van der Waals surface area contributed by atoms with E-state index in [1.165, 1.54) is 17.1 Å². The standard InChI is InChI=1S/C11H15N3O3S/c1-9(6-10-4-3-5-17-10)13-18(15,16)11-7-12-14(2)8-11/h3-5,7-9,13H,6H2,1-2H3/t9-/m0/s1. The van der Waals surface area contributed by atoms with Crippen molar-refractivity contribution in [2.75, 3.05) is 0 Å². The molecule has 1 N–H and O–H groups in total. The summed E-state index contributed by atoms with van der Waals surface area (Å²) in [5.74, 6) is 0.747. The summed E-state index contributed by atoms with van der Waals surface area (Å²) in [6.45, 7) is 1.79. The summed E-state index contributed by atoms with van der Waals surface area (Å²) in [6.07, 6.45) is 4.86. The third-order valence-electron chi connectivity index (χ3n) is 2.44. The molecule has 0 bridgehead atoms. The summed E-state index contributed by atoms with van der Waals surface area (Å²) in [6, 6.07) is 3.34. The summed E-state index contributed by atoms with van der Waals surface area (Å²) in [7, 11) is -1.84. The number of aromatic nitrogens is 2. The van der Waals surface area contributed by atoms with E-state index < -0.39 is 10.0 Å². The maximum absolute atomic E-state index is 12.0. The van der Waals surface area contributed by atoms with Crippen molar-refractivity contribution < 1.29 is 12.8 Å². The smallest absolute Gasteiger partial charge is 0.243 e. The molecule has 1 atom stereocenters. The molecule has 0 aromatic carbocycles.